The first kappa shape index (κ1) is 19.6. The summed E-state index contributed by atoms with van der Waals surface area (Å²) in [5.41, 5.74) is -0.350. The average molecular weight is 390 g/mol. The topological polar surface area (TPSA) is 70.5 Å². The number of alkyl halides is 3. The molecule has 1 unspecified atom stereocenters. The molecule has 1 atom stereocenters. The van der Waals surface area contributed by atoms with E-state index in [1.54, 1.807) is 25.1 Å². The van der Waals surface area contributed by atoms with Crippen LogP contribution in [0.5, 0.6) is 0 Å². The summed E-state index contributed by atoms with van der Waals surface area (Å²) in [6, 6.07) is 8.54. The SMILES string of the molecule is CCC(=O)C1=C(O)C(=O)N(Cc2cccc(C(F)(F)F)c2)C1c1ccccn1. The van der Waals surface area contributed by atoms with Crippen molar-refractivity contribution in [1.82, 2.24) is 9.88 Å². The Balaban J connectivity index is 2.02. The van der Waals surface area contributed by atoms with Gasteiger partial charge in [0.05, 0.1) is 16.8 Å². The first-order chi connectivity index (χ1) is 13.2. The lowest BCUT2D eigenvalue weighted by atomic mass is 9.98. The van der Waals surface area contributed by atoms with Gasteiger partial charge >= 0.3 is 6.18 Å². The zero-order valence-electron chi connectivity index (χ0n) is 14.9. The molecule has 1 aliphatic heterocycles. The van der Waals surface area contributed by atoms with E-state index in [1.807, 2.05) is 0 Å². The fourth-order valence-corrected chi connectivity index (χ4v) is 3.18. The van der Waals surface area contributed by atoms with Crippen LogP contribution in [0.1, 0.15) is 36.2 Å². The van der Waals surface area contributed by atoms with Crippen LogP contribution in [0.4, 0.5) is 13.2 Å². The highest BCUT2D eigenvalue weighted by atomic mass is 19.4. The summed E-state index contributed by atoms with van der Waals surface area (Å²) < 4.78 is 39.0. The molecule has 1 N–H and O–H groups in total. The van der Waals surface area contributed by atoms with Gasteiger partial charge in [-0.3, -0.25) is 14.6 Å². The number of aliphatic hydroxyl groups excluding tert-OH is 1. The summed E-state index contributed by atoms with van der Waals surface area (Å²) in [5.74, 6) is -1.92. The van der Waals surface area contributed by atoms with E-state index in [9.17, 15) is 27.9 Å². The maximum absolute atomic E-state index is 13.0. The molecule has 28 heavy (non-hydrogen) atoms. The number of aliphatic hydroxyl groups is 1. The second-order valence-corrected chi connectivity index (χ2v) is 6.33. The van der Waals surface area contributed by atoms with Crippen LogP contribution in [0, 0.1) is 0 Å². The molecule has 0 radical (unpaired) electrons. The zero-order valence-corrected chi connectivity index (χ0v) is 14.9. The molecule has 2 heterocycles. The Hall–Kier alpha value is -3.16. The molecule has 8 heteroatoms. The molecule has 0 bridgehead atoms. The van der Waals surface area contributed by atoms with Crippen molar-refractivity contribution in [2.75, 3.05) is 0 Å². The summed E-state index contributed by atoms with van der Waals surface area (Å²) in [6.45, 7) is 1.38. The lowest BCUT2D eigenvalue weighted by Gasteiger charge is -2.26. The molecule has 1 aliphatic rings. The highest BCUT2D eigenvalue weighted by Crippen LogP contribution is 2.38. The van der Waals surface area contributed by atoms with E-state index in [0.717, 1.165) is 17.0 Å². The van der Waals surface area contributed by atoms with Crippen molar-refractivity contribution in [3.05, 3.63) is 76.8 Å². The summed E-state index contributed by atoms with van der Waals surface area (Å²) in [6.07, 6.45) is -2.98. The number of aromatic nitrogens is 1. The molecule has 5 nitrogen and oxygen atoms in total. The van der Waals surface area contributed by atoms with E-state index < -0.39 is 35.2 Å². The van der Waals surface area contributed by atoms with Crippen molar-refractivity contribution in [2.45, 2.75) is 32.1 Å². The van der Waals surface area contributed by atoms with Gasteiger partial charge in [0, 0.05) is 19.2 Å². The summed E-state index contributed by atoms with van der Waals surface area (Å²) in [4.78, 5) is 30.3. The van der Waals surface area contributed by atoms with Crippen LogP contribution in [-0.2, 0) is 22.3 Å². The Morgan fingerprint density at radius 1 is 1.21 bits per heavy atom. The fourth-order valence-electron chi connectivity index (χ4n) is 3.18. The van der Waals surface area contributed by atoms with Gasteiger partial charge in [0.25, 0.3) is 5.91 Å². The van der Waals surface area contributed by atoms with E-state index >= 15 is 0 Å². The molecule has 0 spiro atoms. The van der Waals surface area contributed by atoms with Gasteiger partial charge in [-0.2, -0.15) is 13.2 Å². The smallest absolute Gasteiger partial charge is 0.416 e. The third kappa shape index (κ3) is 3.62. The Morgan fingerprint density at radius 3 is 2.57 bits per heavy atom. The molecule has 146 valence electrons. The predicted octanol–water partition coefficient (Wildman–Crippen LogP) is 3.98. The number of pyridine rings is 1. The number of amides is 1. The van der Waals surface area contributed by atoms with Crippen molar-refractivity contribution in [2.24, 2.45) is 0 Å². The van der Waals surface area contributed by atoms with Gasteiger partial charge in [-0.1, -0.05) is 25.1 Å². The quantitative estimate of drug-likeness (QED) is 0.839. The van der Waals surface area contributed by atoms with Crippen LogP contribution in [0.3, 0.4) is 0 Å². The number of rotatable bonds is 5. The number of halogens is 3. The molecule has 0 saturated carbocycles. The van der Waals surface area contributed by atoms with Crippen LogP contribution in [0.25, 0.3) is 0 Å². The molecule has 3 rings (SSSR count). The number of carbonyl (C=O) groups excluding carboxylic acids is 2. The van der Waals surface area contributed by atoms with Crippen LogP contribution in [0.15, 0.2) is 60.0 Å². The predicted molar refractivity (Wildman–Crippen MR) is 93.9 cm³/mol. The molecule has 2 aromatic rings. The van der Waals surface area contributed by atoms with Crippen molar-refractivity contribution in [3.8, 4) is 0 Å². The van der Waals surface area contributed by atoms with Crippen LogP contribution >= 0.6 is 0 Å². The van der Waals surface area contributed by atoms with E-state index in [2.05, 4.69) is 4.98 Å². The summed E-state index contributed by atoms with van der Waals surface area (Å²) >= 11 is 0. The normalized spacial score (nSPS) is 17.4. The van der Waals surface area contributed by atoms with Crippen molar-refractivity contribution in [1.29, 1.82) is 0 Å². The Bertz CT molecular complexity index is 939. The van der Waals surface area contributed by atoms with Gasteiger partial charge in [-0.05, 0) is 29.8 Å². The Labute approximate surface area is 159 Å². The maximum atomic E-state index is 13.0. The summed E-state index contributed by atoms with van der Waals surface area (Å²) in [5, 5.41) is 10.3. The second kappa shape index (κ2) is 7.46. The third-order valence-electron chi connectivity index (χ3n) is 4.50. The lowest BCUT2D eigenvalue weighted by molar-refractivity contribution is -0.137. The van der Waals surface area contributed by atoms with Gasteiger partial charge in [0.15, 0.2) is 11.5 Å². The van der Waals surface area contributed by atoms with Gasteiger partial charge in [-0.25, -0.2) is 0 Å². The fraction of sp³-hybridized carbons (Fsp3) is 0.250. The minimum atomic E-state index is -4.52. The van der Waals surface area contributed by atoms with E-state index in [-0.39, 0.29) is 24.1 Å². The maximum Gasteiger partial charge on any atom is 0.416 e. The second-order valence-electron chi connectivity index (χ2n) is 6.33. The van der Waals surface area contributed by atoms with Gasteiger partial charge in [0.2, 0.25) is 0 Å². The van der Waals surface area contributed by atoms with Crippen LogP contribution in [0.2, 0.25) is 0 Å². The largest absolute Gasteiger partial charge is 0.503 e. The van der Waals surface area contributed by atoms with Crippen molar-refractivity contribution < 1.29 is 27.9 Å². The Kier molecular flexibility index (Phi) is 5.22. The molecular weight excluding hydrogens is 373 g/mol. The van der Waals surface area contributed by atoms with Gasteiger partial charge in [0.1, 0.15) is 6.04 Å². The molecule has 0 fully saturated rings. The monoisotopic (exact) mass is 390 g/mol. The molecule has 1 amide bonds. The highest BCUT2D eigenvalue weighted by molar-refractivity contribution is 6.08. The third-order valence-corrected chi connectivity index (χ3v) is 4.50. The molecule has 0 aliphatic carbocycles. The van der Waals surface area contributed by atoms with E-state index in [0.29, 0.717) is 5.69 Å². The number of benzene rings is 1. The van der Waals surface area contributed by atoms with Crippen LogP contribution in [-0.4, -0.2) is 26.7 Å². The van der Waals surface area contributed by atoms with Crippen molar-refractivity contribution in [3.63, 3.8) is 0 Å². The Morgan fingerprint density at radius 2 is 1.96 bits per heavy atom. The minimum absolute atomic E-state index is 0.0629. The average Bonchev–Trinajstić information content (AvgIpc) is 2.92. The molecule has 1 aromatic carbocycles. The standard InChI is InChI=1S/C20H17F3N2O3/c1-2-15(26)16-17(14-8-3-4-9-24-14)25(19(28)18(16)27)11-12-6-5-7-13(10-12)20(21,22)23/h3-10,17,27H,2,11H2,1H3. The highest BCUT2D eigenvalue weighted by Gasteiger charge is 2.43. The number of carbonyl (C=O) groups is 2. The van der Waals surface area contributed by atoms with E-state index in [1.165, 1.54) is 18.3 Å². The van der Waals surface area contributed by atoms with Gasteiger partial charge < -0.3 is 10.0 Å². The lowest BCUT2D eigenvalue weighted by Crippen LogP contribution is -2.31. The van der Waals surface area contributed by atoms with Crippen molar-refractivity contribution >= 4 is 11.7 Å². The first-order valence-electron chi connectivity index (χ1n) is 8.58. The number of ketones is 1. The number of hydrogen-bond donors (Lipinski definition) is 1. The minimum Gasteiger partial charge on any atom is -0.503 e. The number of Topliss-reactive ketones (excluding diaryl/α,β-unsaturated/α-hetero) is 1. The first-order valence-corrected chi connectivity index (χ1v) is 8.58. The van der Waals surface area contributed by atoms with E-state index in [4.69, 9.17) is 0 Å². The number of hydrogen-bond acceptors (Lipinski definition) is 4. The molecular formula is C20H17F3N2O3. The number of nitrogens with zero attached hydrogens (tertiary/aromatic N) is 2. The summed E-state index contributed by atoms with van der Waals surface area (Å²) in [7, 11) is 0. The zero-order chi connectivity index (χ0) is 20.5. The molecule has 1 aromatic heterocycles. The van der Waals surface area contributed by atoms with Gasteiger partial charge in [-0.15, -0.1) is 0 Å². The molecule has 0 saturated heterocycles. The van der Waals surface area contributed by atoms with Crippen LogP contribution < -0.4 is 0 Å².